The van der Waals surface area contributed by atoms with Crippen molar-refractivity contribution in [2.24, 2.45) is 0 Å². The summed E-state index contributed by atoms with van der Waals surface area (Å²) in [5, 5.41) is 11.7. The van der Waals surface area contributed by atoms with Gasteiger partial charge in [-0.1, -0.05) is 12.1 Å². The first-order valence-corrected chi connectivity index (χ1v) is 10.3. The molecule has 0 aliphatic carbocycles. The third-order valence-corrected chi connectivity index (χ3v) is 5.44. The molecule has 166 valence electrons. The van der Waals surface area contributed by atoms with Crippen LogP contribution < -0.4 is 10.2 Å². The number of ether oxygens (including phenoxy) is 1. The fourth-order valence-corrected chi connectivity index (χ4v) is 3.95. The molecule has 2 aromatic carbocycles. The molecule has 9 nitrogen and oxygen atoms in total. The largest absolute Gasteiger partial charge is 0.494 e. The van der Waals surface area contributed by atoms with E-state index in [0.717, 1.165) is 0 Å². The van der Waals surface area contributed by atoms with Crippen LogP contribution in [0.15, 0.2) is 51.7 Å². The number of nitro benzene ring substituents is 1. The molecule has 1 aliphatic heterocycles. The summed E-state index contributed by atoms with van der Waals surface area (Å²) in [6.07, 6.45) is 0. The fraction of sp³-hybridized carbons (Fsp3) is 0.304. The van der Waals surface area contributed by atoms with Gasteiger partial charge in [0.2, 0.25) is 5.76 Å². The Morgan fingerprint density at radius 1 is 1.19 bits per heavy atom. The number of likely N-dealkylation sites (N-methyl/N-ethyl adjacent to an activating group) is 1. The van der Waals surface area contributed by atoms with Crippen LogP contribution in [0.25, 0.3) is 11.0 Å². The Labute approximate surface area is 183 Å². The molecule has 1 unspecified atom stereocenters. The number of nitro groups is 1. The van der Waals surface area contributed by atoms with Crippen molar-refractivity contribution in [3.05, 3.63) is 79.7 Å². The number of fused-ring (bicyclic) bond motifs is 2. The molecule has 0 radical (unpaired) electrons. The maximum Gasteiger partial charge on any atom is 0.290 e. The van der Waals surface area contributed by atoms with Crippen molar-refractivity contribution >= 4 is 22.6 Å². The summed E-state index contributed by atoms with van der Waals surface area (Å²) in [7, 11) is 3.76. The average Bonchev–Trinajstić information content (AvgIpc) is 3.04. The van der Waals surface area contributed by atoms with Crippen molar-refractivity contribution in [1.82, 2.24) is 9.80 Å². The minimum atomic E-state index is -0.774. The monoisotopic (exact) mass is 437 g/mol. The van der Waals surface area contributed by atoms with E-state index in [4.69, 9.17) is 9.15 Å². The van der Waals surface area contributed by atoms with Crippen molar-refractivity contribution in [1.29, 1.82) is 0 Å². The molecule has 0 N–H and O–H groups in total. The summed E-state index contributed by atoms with van der Waals surface area (Å²) >= 11 is 0. The van der Waals surface area contributed by atoms with Gasteiger partial charge in [0.15, 0.2) is 5.43 Å². The van der Waals surface area contributed by atoms with E-state index >= 15 is 0 Å². The van der Waals surface area contributed by atoms with E-state index in [1.165, 1.54) is 17.0 Å². The van der Waals surface area contributed by atoms with E-state index in [0.29, 0.717) is 36.4 Å². The van der Waals surface area contributed by atoms with Gasteiger partial charge in [0.05, 0.1) is 28.5 Å². The number of benzene rings is 2. The number of rotatable bonds is 7. The fourth-order valence-electron chi connectivity index (χ4n) is 3.95. The summed E-state index contributed by atoms with van der Waals surface area (Å²) < 4.78 is 11.4. The predicted octanol–water partition coefficient (Wildman–Crippen LogP) is 3.21. The number of amides is 1. The molecule has 3 aromatic rings. The third kappa shape index (κ3) is 3.71. The highest BCUT2D eigenvalue weighted by atomic mass is 16.6. The molecule has 0 saturated carbocycles. The Morgan fingerprint density at radius 3 is 2.66 bits per heavy atom. The maximum atomic E-state index is 13.5. The van der Waals surface area contributed by atoms with E-state index in [9.17, 15) is 19.7 Å². The summed E-state index contributed by atoms with van der Waals surface area (Å²) in [6, 6.07) is 10.1. The van der Waals surface area contributed by atoms with Crippen LogP contribution in [-0.2, 0) is 0 Å². The molecule has 2 heterocycles. The highest BCUT2D eigenvalue weighted by Crippen LogP contribution is 2.39. The topological polar surface area (TPSA) is 106 Å². The lowest BCUT2D eigenvalue weighted by molar-refractivity contribution is -0.384. The lowest BCUT2D eigenvalue weighted by atomic mass is 9.98. The second kappa shape index (κ2) is 8.43. The number of hydrogen-bond donors (Lipinski definition) is 0. The Bertz CT molecular complexity index is 1270. The van der Waals surface area contributed by atoms with Crippen LogP contribution in [0.1, 0.15) is 34.6 Å². The van der Waals surface area contributed by atoms with Gasteiger partial charge in [0.1, 0.15) is 11.3 Å². The van der Waals surface area contributed by atoms with Crippen molar-refractivity contribution in [3.63, 3.8) is 0 Å². The zero-order chi connectivity index (χ0) is 23.0. The second-order valence-corrected chi connectivity index (χ2v) is 7.82. The number of carbonyl (C=O) groups is 1. The number of carbonyl (C=O) groups excluding carboxylic acids is 1. The summed E-state index contributed by atoms with van der Waals surface area (Å²) in [6.45, 7) is 3.17. The van der Waals surface area contributed by atoms with Crippen molar-refractivity contribution in [2.45, 2.75) is 13.0 Å². The molecule has 0 bridgehead atoms. The molecule has 1 aliphatic rings. The molecule has 0 fully saturated rings. The Hall–Kier alpha value is -3.72. The van der Waals surface area contributed by atoms with Crippen molar-refractivity contribution in [2.75, 3.05) is 33.8 Å². The molecule has 9 heteroatoms. The van der Waals surface area contributed by atoms with Crippen LogP contribution >= 0.6 is 0 Å². The van der Waals surface area contributed by atoms with E-state index in [2.05, 4.69) is 0 Å². The Balaban J connectivity index is 1.92. The minimum Gasteiger partial charge on any atom is -0.494 e. The molecule has 1 aromatic heterocycles. The predicted molar refractivity (Wildman–Crippen MR) is 118 cm³/mol. The first-order valence-electron chi connectivity index (χ1n) is 10.3. The van der Waals surface area contributed by atoms with Crippen LogP contribution in [-0.4, -0.2) is 54.4 Å². The van der Waals surface area contributed by atoms with E-state index in [1.807, 2.05) is 25.9 Å². The maximum absolute atomic E-state index is 13.5. The van der Waals surface area contributed by atoms with Gasteiger partial charge in [-0.2, -0.15) is 0 Å². The smallest absolute Gasteiger partial charge is 0.290 e. The van der Waals surface area contributed by atoms with Gasteiger partial charge in [0, 0.05) is 31.3 Å². The lowest BCUT2D eigenvalue weighted by Gasteiger charge is -2.26. The van der Waals surface area contributed by atoms with Gasteiger partial charge in [0.25, 0.3) is 11.6 Å². The average molecular weight is 437 g/mol. The van der Waals surface area contributed by atoms with Gasteiger partial charge in [-0.15, -0.1) is 0 Å². The highest BCUT2D eigenvalue weighted by Gasteiger charge is 2.42. The summed E-state index contributed by atoms with van der Waals surface area (Å²) in [5.41, 5.74) is 0.512. The molecular formula is C23H23N3O6. The quantitative estimate of drug-likeness (QED) is 0.413. The minimum absolute atomic E-state index is 0.0357. The van der Waals surface area contributed by atoms with Gasteiger partial charge in [-0.05, 0) is 38.7 Å². The molecular weight excluding hydrogens is 414 g/mol. The SMILES string of the molecule is CCOc1ccc2c(=O)c3c(oc2c1)C(=O)N(CCN(C)C)C3c1cccc([N+](=O)[O-])c1. The third-order valence-electron chi connectivity index (χ3n) is 5.44. The number of non-ortho nitro benzene ring substituents is 1. The first kappa shape index (κ1) is 21.5. The molecule has 1 amide bonds. The van der Waals surface area contributed by atoms with Gasteiger partial charge < -0.3 is 19.0 Å². The van der Waals surface area contributed by atoms with Gasteiger partial charge in [-0.3, -0.25) is 19.7 Å². The molecule has 0 saturated heterocycles. The van der Waals surface area contributed by atoms with E-state index < -0.39 is 16.9 Å². The van der Waals surface area contributed by atoms with E-state index in [1.54, 1.807) is 30.3 Å². The van der Waals surface area contributed by atoms with Gasteiger partial charge >= 0.3 is 0 Å². The lowest BCUT2D eigenvalue weighted by Crippen LogP contribution is -2.35. The number of nitrogens with zero attached hydrogens (tertiary/aromatic N) is 3. The summed E-state index contributed by atoms with van der Waals surface area (Å²) in [5.74, 6) is 0.0822. The molecule has 1 atom stereocenters. The van der Waals surface area contributed by atoms with Crippen LogP contribution in [0.2, 0.25) is 0 Å². The van der Waals surface area contributed by atoms with Crippen LogP contribution in [0.4, 0.5) is 5.69 Å². The van der Waals surface area contributed by atoms with E-state index in [-0.39, 0.29) is 28.0 Å². The summed E-state index contributed by atoms with van der Waals surface area (Å²) in [4.78, 5) is 41.1. The standard InChI is InChI=1S/C23H23N3O6/c1-4-31-16-8-9-17-18(13-16)32-22-19(21(17)27)20(25(23(22)28)11-10-24(2)3)14-6-5-7-15(12-14)26(29)30/h5-9,12-13,20H,4,10-11H2,1-3H3. The van der Waals surface area contributed by atoms with Crippen LogP contribution in [0.5, 0.6) is 5.75 Å². The highest BCUT2D eigenvalue weighted by molar-refractivity contribution is 5.99. The van der Waals surface area contributed by atoms with Crippen molar-refractivity contribution < 1.29 is 18.9 Å². The Morgan fingerprint density at radius 2 is 1.97 bits per heavy atom. The zero-order valence-corrected chi connectivity index (χ0v) is 18.0. The van der Waals surface area contributed by atoms with Crippen LogP contribution in [0, 0.1) is 10.1 Å². The molecule has 0 spiro atoms. The van der Waals surface area contributed by atoms with Crippen LogP contribution in [0.3, 0.4) is 0 Å². The second-order valence-electron chi connectivity index (χ2n) is 7.82. The zero-order valence-electron chi connectivity index (χ0n) is 18.0. The number of hydrogen-bond acceptors (Lipinski definition) is 7. The molecule has 4 rings (SSSR count). The first-order chi connectivity index (χ1) is 15.3. The Kier molecular flexibility index (Phi) is 5.67. The van der Waals surface area contributed by atoms with Crippen molar-refractivity contribution in [3.8, 4) is 5.75 Å². The van der Waals surface area contributed by atoms with Gasteiger partial charge in [-0.25, -0.2) is 0 Å². The normalized spacial score (nSPS) is 15.4. The molecule has 32 heavy (non-hydrogen) atoms.